The summed E-state index contributed by atoms with van der Waals surface area (Å²) in [7, 11) is 0. The highest BCUT2D eigenvalue weighted by Crippen LogP contribution is 2.28. The van der Waals surface area contributed by atoms with E-state index in [-0.39, 0.29) is 11.9 Å². The third-order valence-corrected chi connectivity index (χ3v) is 5.01. The minimum atomic E-state index is -0.334. The van der Waals surface area contributed by atoms with Crippen LogP contribution in [0.2, 0.25) is 0 Å². The van der Waals surface area contributed by atoms with Crippen LogP contribution in [0.3, 0.4) is 0 Å². The van der Waals surface area contributed by atoms with Crippen molar-refractivity contribution in [3.63, 3.8) is 0 Å². The van der Waals surface area contributed by atoms with Crippen LogP contribution >= 0.6 is 0 Å². The van der Waals surface area contributed by atoms with E-state index in [4.69, 9.17) is 5.73 Å². The van der Waals surface area contributed by atoms with Crippen LogP contribution in [-0.2, 0) is 4.79 Å². The van der Waals surface area contributed by atoms with Crippen molar-refractivity contribution in [3.05, 3.63) is 24.3 Å². The number of hydrogen-bond acceptors (Lipinski definition) is 4. The molecule has 3 rings (SSSR count). The third kappa shape index (κ3) is 3.87. The van der Waals surface area contributed by atoms with Gasteiger partial charge in [-0.3, -0.25) is 15.0 Å². The lowest BCUT2D eigenvalue weighted by Gasteiger charge is -2.34. The number of benzene rings is 1. The fourth-order valence-corrected chi connectivity index (χ4v) is 3.54. The smallest absolute Gasteiger partial charge is 0.328 e. The number of imide groups is 1. The average molecular weight is 330 g/mol. The maximum atomic E-state index is 11.9. The zero-order chi connectivity index (χ0) is 16.9. The van der Waals surface area contributed by atoms with Crippen LogP contribution < -0.4 is 20.9 Å². The molecule has 0 radical (unpaired) electrons. The number of nitrogens with two attached hydrogens (primary N) is 1. The Morgan fingerprint density at radius 3 is 2.33 bits per heavy atom. The predicted molar refractivity (Wildman–Crippen MR) is 95.2 cm³/mol. The SMILES string of the molecule is NCCCC1CCN(c2ccc(N3CCC(=O)NC3=O)cc2)CC1. The molecule has 2 heterocycles. The molecule has 0 unspecified atom stereocenters. The Labute approximate surface area is 143 Å². The number of nitrogens with one attached hydrogen (secondary N) is 1. The number of amides is 3. The molecule has 0 atom stereocenters. The van der Waals surface area contributed by atoms with Gasteiger partial charge in [-0.05, 0) is 62.4 Å². The van der Waals surface area contributed by atoms with Crippen molar-refractivity contribution in [2.24, 2.45) is 11.7 Å². The maximum Gasteiger partial charge on any atom is 0.328 e. The van der Waals surface area contributed by atoms with Gasteiger partial charge in [0.1, 0.15) is 0 Å². The normalized spacial score (nSPS) is 19.5. The topological polar surface area (TPSA) is 78.7 Å². The Morgan fingerprint density at radius 1 is 1.04 bits per heavy atom. The number of urea groups is 1. The molecule has 6 nitrogen and oxygen atoms in total. The Hall–Kier alpha value is -2.08. The Kier molecular flexibility index (Phi) is 5.35. The van der Waals surface area contributed by atoms with Crippen LogP contribution in [0.5, 0.6) is 0 Å². The molecule has 0 saturated carbocycles. The van der Waals surface area contributed by atoms with Crippen molar-refractivity contribution >= 4 is 23.3 Å². The lowest BCUT2D eigenvalue weighted by Crippen LogP contribution is -2.49. The van der Waals surface area contributed by atoms with E-state index in [1.807, 2.05) is 12.1 Å². The molecule has 0 aliphatic carbocycles. The lowest BCUT2D eigenvalue weighted by atomic mass is 9.92. The van der Waals surface area contributed by atoms with Gasteiger partial charge in [-0.2, -0.15) is 0 Å². The average Bonchev–Trinajstić information content (AvgIpc) is 2.61. The summed E-state index contributed by atoms with van der Waals surface area (Å²) < 4.78 is 0. The molecule has 2 aliphatic rings. The zero-order valence-electron chi connectivity index (χ0n) is 14.0. The Bertz CT molecular complexity index is 579. The molecule has 1 aromatic carbocycles. The molecular weight excluding hydrogens is 304 g/mol. The molecule has 0 bridgehead atoms. The highest BCUT2D eigenvalue weighted by Gasteiger charge is 2.24. The van der Waals surface area contributed by atoms with E-state index < -0.39 is 0 Å². The summed E-state index contributed by atoms with van der Waals surface area (Å²) in [6, 6.07) is 7.73. The molecular formula is C18H26N4O2. The molecule has 1 aromatic rings. The number of carbonyl (C=O) groups excluding carboxylic acids is 2. The standard InChI is InChI=1S/C18H26N4O2/c19-10-1-2-14-7-11-21(12-8-14)15-3-5-16(6-4-15)22-13-9-17(23)20-18(22)24/h3-6,14H,1-2,7-13,19H2,(H,20,23,24). The number of hydrogen-bond donors (Lipinski definition) is 2. The molecule has 0 spiro atoms. The Morgan fingerprint density at radius 2 is 1.71 bits per heavy atom. The quantitative estimate of drug-likeness (QED) is 0.866. The van der Waals surface area contributed by atoms with Crippen molar-refractivity contribution in [1.29, 1.82) is 0 Å². The molecule has 3 amide bonds. The van der Waals surface area contributed by atoms with E-state index in [0.29, 0.717) is 13.0 Å². The third-order valence-electron chi connectivity index (χ3n) is 5.01. The fraction of sp³-hybridized carbons (Fsp3) is 0.556. The molecule has 2 fully saturated rings. The minimum Gasteiger partial charge on any atom is -0.372 e. The first-order valence-electron chi connectivity index (χ1n) is 8.84. The van der Waals surface area contributed by atoms with Crippen LogP contribution in [0.15, 0.2) is 24.3 Å². The van der Waals surface area contributed by atoms with Crippen molar-refractivity contribution in [2.75, 3.05) is 36.0 Å². The van der Waals surface area contributed by atoms with E-state index in [2.05, 4.69) is 22.3 Å². The molecule has 130 valence electrons. The summed E-state index contributed by atoms with van der Waals surface area (Å²) in [6.07, 6.45) is 5.16. The van der Waals surface area contributed by atoms with Crippen LogP contribution in [-0.4, -0.2) is 38.1 Å². The van der Waals surface area contributed by atoms with Crippen molar-refractivity contribution < 1.29 is 9.59 Å². The molecule has 2 saturated heterocycles. The first kappa shape index (κ1) is 16.8. The number of rotatable bonds is 5. The first-order chi connectivity index (χ1) is 11.7. The Balaban J connectivity index is 1.57. The van der Waals surface area contributed by atoms with Gasteiger partial charge < -0.3 is 10.6 Å². The van der Waals surface area contributed by atoms with Crippen LogP contribution in [0.25, 0.3) is 0 Å². The van der Waals surface area contributed by atoms with E-state index in [9.17, 15) is 9.59 Å². The molecule has 3 N–H and O–H groups in total. The van der Waals surface area contributed by atoms with E-state index in [1.54, 1.807) is 4.90 Å². The van der Waals surface area contributed by atoms with Crippen LogP contribution in [0.1, 0.15) is 32.1 Å². The summed E-state index contributed by atoms with van der Waals surface area (Å²) in [5.41, 5.74) is 7.63. The molecule has 6 heteroatoms. The van der Waals surface area contributed by atoms with Crippen LogP contribution in [0, 0.1) is 5.92 Å². The van der Waals surface area contributed by atoms with E-state index >= 15 is 0 Å². The summed E-state index contributed by atoms with van der Waals surface area (Å²) in [6.45, 7) is 3.38. The van der Waals surface area contributed by atoms with E-state index in [1.165, 1.54) is 24.9 Å². The van der Waals surface area contributed by atoms with Gasteiger partial charge in [0.2, 0.25) is 5.91 Å². The largest absolute Gasteiger partial charge is 0.372 e. The second-order valence-corrected chi connectivity index (χ2v) is 6.63. The molecule has 2 aliphatic heterocycles. The predicted octanol–water partition coefficient (Wildman–Crippen LogP) is 2.09. The first-order valence-corrected chi connectivity index (χ1v) is 8.84. The lowest BCUT2D eigenvalue weighted by molar-refractivity contribution is -0.120. The summed E-state index contributed by atoms with van der Waals surface area (Å²) in [5.74, 6) is 0.601. The summed E-state index contributed by atoms with van der Waals surface area (Å²) in [4.78, 5) is 27.1. The van der Waals surface area contributed by atoms with Crippen molar-refractivity contribution in [3.8, 4) is 0 Å². The monoisotopic (exact) mass is 330 g/mol. The summed E-state index contributed by atoms with van der Waals surface area (Å²) in [5, 5.41) is 2.36. The van der Waals surface area contributed by atoms with Gasteiger partial charge in [-0.25, -0.2) is 4.79 Å². The molecule has 24 heavy (non-hydrogen) atoms. The number of carbonyl (C=O) groups is 2. The van der Waals surface area contributed by atoms with Gasteiger partial charge in [0.15, 0.2) is 0 Å². The minimum absolute atomic E-state index is 0.203. The highest BCUT2D eigenvalue weighted by molar-refractivity contribution is 6.05. The number of piperidine rings is 1. The zero-order valence-corrected chi connectivity index (χ0v) is 14.0. The molecule has 0 aromatic heterocycles. The fourth-order valence-electron chi connectivity index (χ4n) is 3.54. The van der Waals surface area contributed by atoms with Gasteiger partial charge in [0.05, 0.1) is 0 Å². The van der Waals surface area contributed by atoms with Gasteiger partial charge in [-0.1, -0.05) is 0 Å². The van der Waals surface area contributed by atoms with Gasteiger partial charge >= 0.3 is 6.03 Å². The number of anilines is 2. The summed E-state index contributed by atoms with van der Waals surface area (Å²) >= 11 is 0. The van der Waals surface area contributed by atoms with Gasteiger partial charge in [0.25, 0.3) is 0 Å². The highest BCUT2D eigenvalue weighted by atomic mass is 16.2. The van der Waals surface area contributed by atoms with Crippen LogP contribution in [0.4, 0.5) is 16.2 Å². The van der Waals surface area contributed by atoms with Gasteiger partial charge in [0, 0.05) is 37.4 Å². The second-order valence-electron chi connectivity index (χ2n) is 6.63. The maximum absolute atomic E-state index is 11.9. The second kappa shape index (κ2) is 7.66. The number of nitrogens with zero attached hydrogens (tertiary/aromatic N) is 2. The van der Waals surface area contributed by atoms with Gasteiger partial charge in [-0.15, -0.1) is 0 Å². The van der Waals surface area contributed by atoms with Crippen molar-refractivity contribution in [2.45, 2.75) is 32.1 Å². The van der Waals surface area contributed by atoms with Crippen molar-refractivity contribution in [1.82, 2.24) is 5.32 Å². The van der Waals surface area contributed by atoms with E-state index in [0.717, 1.165) is 37.7 Å².